The molecule has 0 saturated heterocycles. The summed E-state index contributed by atoms with van der Waals surface area (Å²) >= 11 is 7.43. The van der Waals surface area contributed by atoms with Crippen LogP contribution in [0.3, 0.4) is 0 Å². The first-order chi connectivity index (χ1) is 14.0. The van der Waals surface area contributed by atoms with Crippen molar-refractivity contribution in [1.29, 1.82) is 0 Å². The van der Waals surface area contributed by atoms with E-state index in [1.54, 1.807) is 30.3 Å². The summed E-state index contributed by atoms with van der Waals surface area (Å²) in [5.41, 5.74) is 1.66. The molecule has 144 valence electrons. The number of fused-ring (bicyclic) bond motifs is 3. The molecule has 0 fully saturated rings. The minimum absolute atomic E-state index is 0.141. The Morgan fingerprint density at radius 2 is 1.76 bits per heavy atom. The number of thiophene rings is 1. The quantitative estimate of drug-likeness (QED) is 0.439. The van der Waals surface area contributed by atoms with Gasteiger partial charge in [-0.2, -0.15) is 4.52 Å². The maximum Gasteiger partial charge on any atom is 0.229 e. The summed E-state index contributed by atoms with van der Waals surface area (Å²) in [6.45, 7) is 0. The van der Waals surface area contributed by atoms with Gasteiger partial charge in [0.25, 0.3) is 0 Å². The van der Waals surface area contributed by atoms with E-state index < -0.39 is 9.84 Å². The van der Waals surface area contributed by atoms with Crippen LogP contribution < -0.4 is 5.32 Å². The van der Waals surface area contributed by atoms with Crippen LogP contribution in [0, 0.1) is 0 Å². The Labute approximate surface area is 174 Å². The summed E-state index contributed by atoms with van der Waals surface area (Å²) < 4.78 is 28.5. The van der Waals surface area contributed by atoms with Gasteiger partial charge in [0.1, 0.15) is 0 Å². The minimum Gasteiger partial charge on any atom is -0.339 e. The van der Waals surface area contributed by atoms with Crippen LogP contribution in [-0.2, 0) is 9.84 Å². The Bertz CT molecular complexity index is 1450. The first kappa shape index (κ1) is 18.0. The summed E-state index contributed by atoms with van der Waals surface area (Å²) in [5, 5.41) is 13.6. The van der Waals surface area contributed by atoms with E-state index in [-0.39, 0.29) is 15.6 Å². The summed E-state index contributed by atoms with van der Waals surface area (Å²) in [7, 11) is -3.87. The Morgan fingerprint density at radius 1 is 1.00 bits per heavy atom. The number of hydrogen-bond acceptors (Lipinski definition) is 7. The van der Waals surface area contributed by atoms with Crippen LogP contribution in [0.25, 0.3) is 15.9 Å². The fourth-order valence-corrected chi connectivity index (χ4v) is 5.16. The van der Waals surface area contributed by atoms with Crippen LogP contribution in [0.15, 0.2) is 76.0 Å². The molecule has 0 aliphatic heterocycles. The third kappa shape index (κ3) is 3.03. The van der Waals surface area contributed by atoms with Crippen LogP contribution in [-0.4, -0.2) is 28.2 Å². The third-order valence-electron chi connectivity index (χ3n) is 4.34. The topological polar surface area (TPSA) is 89.2 Å². The number of nitrogens with one attached hydrogen (secondary N) is 1. The van der Waals surface area contributed by atoms with E-state index in [1.807, 2.05) is 23.6 Å². The van der Waals surface area contributed by atoms with Gasteiger partial charge in [0.15, 0.2) is 11.5 Å². The summed E-state index contributed by atoms with van der Waals surface area (Å²) in [5.74, 6) is 0.525. The van der Waals surface area contributed by atoms with Gasteiger partial charge in [0, 0.05) is 10.7 Å². The smallest absolute Gasteiger partial charge is 0.229 e. The highest BCUT2D eigenvalue weighted by Gasteiger charge is 2.27. The van der Waals surface area contributed by atoms with Gasteiger partial charge in [0.05, 0.1) is 15.1 Å². The molecule has 3 aromatic heterocycles. The Kier molecular flexibility index (Phi) is 4.23. The molecule has 2 aromatic carbocycles. The lowest BCUT2D eigenvalue weighted by Crippen LogP contribution is -2.05. The van der Waals surface area contributed by atoms with Crippen molar-refractivity contribution < 1.29 is 8.42 Å². The largest absolute Gasteiger partial charge is 0.339 e. The zero-order valence-corrected chi connectivity index (χ0v) is 17.0. The molecule has 0 aliphatic rings. The second-order valence-corrected chi connectivity index (χ2v) is 9.39. The highest BCUT2D eigenvalue weighted by molar-refractivity contribution is 7.91. The lowest BCUT2D eigenvalue weighted by Gasteiger charge is -2.08. The molecule has 0 aliphatic carbocycles. The number of hydrogen-bond donors (Lipinski definition) is 1. The molecular weight excluding hydrogens is 430 g/mol. The zero-order chi connectivity index (χ0) is 20.0. The SMILES string of the molecule is O=S(=O)(c1ccccc1)c1nnn2c1nc(Nc1ccc(Cl)cc1)c1sccc12. The molecule has 10 heteroatoms. The molecule has 0 atom stereocenters. The average molecular weight is 442 g/mol. The first-order valence-corrected chi connectivity index (χ1v) is 11.2. The first-order valence-electron chi connectivity index (χ1n) is 8.49. The van der Waals surface area contributed by atoms with Gasteiger partial charge >= 0.3 is 0 Å². The van der Waals surface area contributed by atoms with E-state index >= 15 is 0 Å². The summed E-state index contributed by atoms with van der Waals surface area (Å²) in [4.78, 5) is 4.71. The molecule has 0 bridgehead atoms. The van der Waals surface area contributed by atoms with Crippen LogP contribution in [0.2, 0.25) is 5.02 Å². The zero-order valence-electron chi connectivity index (χ0n) is 14.7. The number of nitrogens with zero attached hydrogens (tertiary/aromatic N) is 4. The Balaban J connectivity index is 1.72. The molecule has 29 heavy (non-hydrogen) atoms. The van der Waals surface area contributed by atoms with Gasteiger partial charge in [0.2, 0.25) is 14.9 Å². The van der Waals surface area contributed by atoms with Gasteiger partial charge in [-0.15, -0.1) is 16.4 Å². The molecule has 0 unspecified atom stereocenters. The lowest BCUT2D eigenvalue weighted by atomic mass is 10.3. The molecule has 7 nitrogen and oxygen atoms in total. The third-order valence-corrected chi connectivity index (χ3v) is 7.17. The predicted molar refractivity (Wildman–Crippen MR) is 113 cm³/mol. The fourth-order valence-electron chi connectivity index (χ4n) is 2.96. The second kappa shape index (κ2) is 6.80. The molecule has 1 N–H and O–H groups in total. The predicted octanol–water partition coefficient (Wildman–Crippen LogP) is 4.57. The van der Waals surface area contributed by atoms with Gasteiger partial charge in [-0.05, 0) is 47.8 Å². The van der Waals surface area contributed by atoms with E-state index in [0.717, 1.165) is 15.9 Å². The lowest BCUT2D eigenvalue weighted by molar-refractivity contribution is 0.592. The molecule has 5 rings (SSSR count). The number of anilines is 2. The molecular formula is C19H12ClN5O2S2. The highest BCUT2D eigenvalue weighted by Crippen LogP contribution is 2.32. The monoisotopic (exact) mass is 441 g/mol. The van der Waals surface area contributed by atoms with Crippen molar-refractivity contribution in [2.24, 2.45) is 0 Å². The van der Waals surface area contributed by atoms with Crippen LogP contribution in [0.5, 0.6) is 0 Å². The molecule has 0 radical (unpaired) electrons. The van der Waals surface area contributed by atoms with Crippen molar-refractivity contribution in [1.82, 2.24) is 19.8 Å². The summed E-state index contributed by atoms with van der Waals surface area (Å²) in [6.07, 6.45) is 0. The van der Waals surface area contributed by atoms with E-state index in [0.29, 0.717) is 10.8 Å². The number of benzene rings is 2. The number of halogens is 1. The number of rotatable bonds is 4. The van der Waals surface area contributed by atoms with Crippen molar-refractivity contribution in [2.45, 2.75) is 9.92 Å². The van der Waals surface area contributed by atoms with Crippen LogP contribution in [0.1, 0.15) is 0 Å². The van der Waals surface area contributed by atoms with Crippen LogP contribution >= 0.6 is 22.9 Å². The molecule has 0 saturated carbocycles. The molecule has 0 spiro atoms. The Morgan fingerprint density at radius 3 is 2.52 bits per heavy atom. The normalized spacial score (nSPS) is 11.9. The van der Waals surface area contributed by atoms with Crippen molar-refractivity contribution in [3.63, 3.8) is 0 Å². The second-order valence-electron chi connectivity index (χ2n) is 6.17. The fraction of sp³-hybridized carbons (Fsp3) is 0. The average Bonchev–Trinajstić information content (AvgIpc) is 3.37. The van der Waals surface area contributed by atoms with E-state index in [4.69, 9.17) is 11.6 Å². The highest BCUT2D eigenvalue weighted by atomic mass is 35.5. The maximum atomic E-state index is 13.1. The molecule has 3 heterocycles. The standard InChI is InChI=1S/C19H12ClN5O2S2/c20-12-6-8-13(9-7-12)21-17-16-15(10-11-28-16)25-18(22-17)19(23-24-25)29(26,27)14-4-2-1-3-5-14/h1-11H,(H,21,22). The van der Waals surface area contributed by atoms with Crippen molar-refractivity contribution >= 4 is 60.1 Å². The summed E-state index contributed by atoms with van der Waals surface area (Å²) in [6, 6.07) is 17.2. The molecule has 0 amide bonds. The van der Waals surface area contributed by atoms with Gasteiger partial charge in [-0.25, -0.2) is 13.4 Å². The van der Waals surface area contributed by atoms with Crippen molar-refractivity contribution in [2.75, 3.05) is 5.32 Å². The van der Waals surface area contributed by atoms with E-state index in [2.05, 4.69) is 20.6 Å². The number of sulfone groups is 1. The van der Waals surface area contributed by atoms with Crippen molar-refractivity contribution in [3.8, 4) is 0 Å². The Hall–Kier alpha value is -3.01. The van der Waals surface area contributed by atoms with Gasteiger partial charge < -0.3 is 5.32 Å². The maximum absolute atomic E-state index is 13.1. The van der Waals surface area contributed by atoms with Gasteiger partial charge in [-0.1, -0.05) is 35.0 Å². The van der Waals surface area contributed by atoms with E-state index in [9.17, 15) is 8.42 Å². The van der Waals surface area contributed by atoms with Crippen molar-refractivity contribution in [3.05, 3.63) is 71.1 Å². The van der Waals surface area contributed by atoms with E-state index in [1.165, 1.54) is 28.0 Å². The number of aromatic nitrogens is 4. The van der Waals surface area contributed by atoms with Gasteiger partial charge in [-0.3, -0.25) is 0 Å². The minimum atomic E-state index is -3.87. The van der Waals surface area contributed by atoms with Crippen LogP contribution in [0.4, 0.5) is 11.5 Å². The molecule has 5 aromatic rings.